The molecule has 0 bridgehead atoms. The summed E-state index contributed by atoms with van der Waals surface area (Å²) in [5, 5.41) is 8.81. The summed E-state index contributed by atoms with van der Waals surface area (Å²) in [6.45, 7) is 2.33. The van der Waals surface area contributed by atoms with Crippen molar-refractivity contribution in [2.24, 2.45) is 0 Å². The molecule has 1 aromatic rings. The van der Waals surface area contributed by atoms with Crippen LogP contribution in [0.15, 0.2) is 24.3 Å². The van der Waals surface area contributed by atoms with Crippen molar-refractivity contribution in [3.63, 3.8) is 0 Å². The third kappa shape index (κ3) is 3.76. The minimum absolute atomic E-state index is 0.128. The number of amides is 2. The summed E-state index contributed by atoms with van der Waals surface area (Å²) in [6.07, 6.45) is 4.92. The first-order valence-corrected chi connectivity index (χ1v) is 8.73. The highest BCUT2D eigenvalue weighted by Crippen LogP contribution is 2.22. The van der Waals surface area contributed by atoms with Gasteiger partial charge in [0.05, 0.1) is 18.1 Å². The summed E-state index contributed by atoms with van der Waals surface area (Å²) in [5.74, 6) is 0.409. The first-order valence-electron chi connectivity index (χ1n) is 8.73. The van der Waals surface area contributed by atoms with Crippen molar-refractivity contribution in [1.82, 2.24) is 9.80 Å². The van der Waals surface area contributed by atoms with E-state index in [2.05, 4.69) is 6.07 Å². The molecule has 2 heterocycles. The van der Waals surface area contributed by atoms with Crippen LogP contribution in [0.4, 0.5) is 0 Å². The molecule has 0 aliphatic carbocycles. The van der Waals surface area contributed by atoms with Gasteiger partial charge in [0.1, 0.15) is 0 Å². The number of benzene rings is 1. The Labute approximate surface area is 142 Å². The van der Waals surface area contributed by atoms with Gasteiger partial charge in [0.15, 0.2) is 0 Å². The number of rotatable bonds is 3. The number of likely N-dealkylation sites (tertiary alicyclic amines) is 2. The Bertz CT molecular complexity index is 640. The smallest absolute Gasteiger partial charge is 0.226 e. The molecule has 2 amide bonds. The lowest BCUT2D eigenvalue weighted by Crippen LogP contribution is -2.50. The SMILES string of the molecule is N#Cc1ccc(CC(=O)N2CCC(N3CCCCC3=O)CC2)cc1. The lowest BCUT2D eigenvalue weighted by Gasteiger charge is -2.40. The number of piperidine rings is 2. The van der Waals surface area contributed by atoms with E-state index >= 15 is 0 Å². The molecular weight excluding hydrogens is 302 g/mol. The third-order valence-electron chi connectivity index (χ3n) is 5.06. The fourth-order valence-electron chi connectivity index (χ4n) is 3.62. The van der Waals surface area contributed by atoms with Crippen LogP contribution in [0.25, 0.3) is 0 Å². The maximum atomic E-state index is 12.4. The second-order valence-electron chi connectivity index (χ2n) is 6.64. The van der Waals surface area contributed by atoms with Gasteiger partial charge in [-0.05, 0) is 43.4 Å². The topological polar surface area (TPSA) is 64.4 Å². The monoisotopic (exact) mass is 325 g/mol. The maximum absolute atomic E-state index is 12.4. The Balaban J connectivity index is 1.51. The van der Waals surface area contributed by atoms with Crippen molar-refractivity contribution < 1.29 is 9.59 Å². The van der Waals surface area contributed by atoms with E-state index in [0.29, 0.717) is 24.4 Å². The molecule has 2 aliphatic rings. The van der Waals surface area contributed by atoms with Crippen molar-refractivity contribution in [3.8, 4) is 6.07 Å². The molecule has 5 nitrogen and oxygen atoms in total. The van der Waals surface area contributed by atoms with Crippen LogP contribution in [0.1, 0.15) is 43.2 Å². The van der Waals surface area contributed by atoms with Crippen LogP contribution >= 0.6 is 0 Å². The molecule has 0 radical (unpaired) electrons. The average Bonchev–Trinajstić information content (AvgIpc) is 2.63. The fraction of sp³-hybridized carbons (Fsp3) is 0.526. The number of carbonyl (C=O) groups is 2. The zero-order chi connectivity index (χ0) is 16.9. The number of carbonyl (C=O) groups excluding carboxylic acids is 2. The van der Waals surface area contributed by atoms with Crippen LogP contribution in [0.3, 0.4) is 0 Å². The molecule has 0 saturated carbocycles. The Kier molecular flexibility index (Phi) is 5.14. The summed E-state index contributed by atoms with van der Waals surface area (Å²) in [5.41, 5.74) is 1.55. The zero-order valence-electron chi connectivity index (χ0n) is 13.9. The Morgan fingerprint density at radius 3 is 2.46 bits per heavy atom. The molecule has 5 heteroatoms. The second kappa shape index (κ2) is 7.48. The van der Waals surface area contributed by atoms with Gasteiger partial charge in [0, 0.05) is 32.1 Å². The fourth-order valence-corrected chi connectivity index (χ4v) is 3.62. The summed E-state index contributed by atoms with van der Waals surface area (Å²) >= 11 is 0. The Morgan fingerprint density at radius 1 is 1.12 bits per heavy atom. The molecular formula is C19H23N3O2. The Morgan fingerprint density at radius 2 is 1.83 bits per heavy atom. The van der Waals surface area contributed by atoms with E-state index in [1.165, 1.54) is 0 Å². The zero-order valence-corrected chi connectivity index (χ0v) is 13.9. The van der Waals surface area contributed by atoms with E-state index in [4.69, 9.17) is 5.26 Å². The molecule has 0 N–H and O–H groups in total. The molecule has 0 unspecified atom stereocenters. The van der Waals surface area contributed by atoms with Crippen LogP contribution < -0.4 is 0 Å². The predicted octanol–water partition coefficient (Wildman–Crippen LogP) is 2.10. The molecule has 0 spiro atoms. The van der Waals surface area contributed by atoms with Crippen molar-refractivity contribution in [2.75, 3.05) is 19.6 Å². The van der Waals surface area contributed by atoms with Gasteiger partial charge in [-0.25, -0.2) is 0 Å². The summed E-state index contributed by atoms with van der Waals surface area (Å²) in [7, 11) is 0. The predicted molar refractivity (Wildman–Crippen MR) is 90.0 cm³/mol. The van der Waals surface area contributed by atoms with Crippen molar-refractivity contribution in [1.29, 1.82) is 5.26 Å². The third-order valence-corrected chi connectivity index (χ3v) is 5.06. The molecule has 0 aromatic heterocycles. The summed E-state index contributed by atoms with van der Waals surface area (Å²) < 4.78 is 0. The quantitative estimate of drug-likeness (QED) is 0.855. The molecule has 0 atom stereocenters. The first-order chi connectivity index (χ1) is 11.7. The lowest BCUT2D eigenvalue weighted by molar-refractivity contribution is -0.138. The van der Waals surface area contributed by atoms with Gasteiger partial charge in [-0.2, -0.15) is 5.26 Å². The van der Waals surface area contributed by atoms with Crippen LogP contribution in [-0.2, 0) is 16.0 Å². The van der Waals surface area contributed by atoms with Crippen LogP contribution in [0.5, 0.6) is 0 Å². The van der Waals surface area contributed by atoms with E-state index in [1.807, 2.05) is 21.9 Å². The molecule has 2 fully saturated rings. The van der Waals surface area contributed by atoms with E-state index < -0.39 is 0 Å². The molecule has 2 saturated heterocycles. The van der Waals surface area contributed by atoms with Crippen molar-refractivity contribution >= 4 is 11.8 Å². The Hall–Kier alpha value is -2.35. The van der Waals surface area contributed by atoms with Gasteiger partial charge in [0.25, 0.3) is 0 Å². The van der Waals surface area contributed by atoms with Crippen LogP contribution in [-0.4, -0.2) is 47.3 Å². The minimum atomic E-state index is 0.128. The number of hydrogen-bond acceptors (Lipinski definition) is 3. The van der Waals surface area contributed by atoms with E-state index in [9.17, 15) is 9.59 Å². The van der Waals surface area contributed by atoms with Gasteiger partial charge < -0.3 is 9.80 Å². The maximum Gasteiger partial charge on any atom is 0.226 e. The molecule has 3 rings (SSSR count). The second-order valence-corrected chi connectivity index (χ2v) is 6.64. The van der Waals surface area contributed by atoms with Gasteiger partial charge >= 0.3 is 0 Å². The molecule has 126 valence electrons. The highest BCUT2D eigenvalue weighted by atomic mass is 16.2. The van der Waals surface area contributed by atoms with Gasteiger partial charge in [-0.3, -0.25) is 9.59 Å². The minimum Gasteiger partial charge on any atom is -0.342 e. The number of nitriles is 1. The highest BCUT2D eigenvalue weighted by molar-refractivity contribution is 5.79. The average molecular weight is 325 g/mol. The number of nitrogens with zero attached hydrogens (tertiary/aromatic N) is 3. The normalized spacial score (nSPS) is 19.2. The summed E-state index contributed by atoms with van der Waals surface area (Å²) in [6, 6.07) is 9.56. The van der Waals surface area contributed by atoms with Crippen molar-refractivity contribution in [2.45, 2.75) is 44.6 Å². The molecule has 24 heavy (non-hydrogen) atoms. The van der Waals surface area contributed by atoms with Gasteiger partial charge in [-0.1, -0.05) is 12.1 Å². The van der Waals surface area contributed by atoms with Crippen LogP contribution in [0.2, 0.25) is 0 Å². The van der Waals surface area contributed by atoms with E-state index in [1.54, 1.807) is 12.1 Å². The first kappa shape index (κ1) is 16.5. The van der Waals surface area contributed by atoms with Crippen LogP contribution in [0, 0.1) is 11.3 Å². The van der Waals surface area contributed by atoms with Gasteiger partial charge in [0.2, 0.25) is 11.8 Å². The molecule has 2 aliphatic heterocycles. The van der Waals surface area contributed by atoms with E-state index in [0.717, 1.165) is 50.9 Å². The highest BCUT2D eigenvalue weighted by Gasteiger charge is 2.30. The largest absolute Gasteiger partial charge is 0.342 e. The number of hydrogen-bond donors (Lipinski definition) is 0. The standard InChI is InChI=1S/C19H23N3O2/c20-14-16-6-4-15(5-7-16)13-19(24)21-11-8-17(9-12-21)22-10-2-1-3-18(22)23/h4-7,17H,1-3,8-13H2. The van der Waals surface area contributed by atoms with Gasteiger partial charge in [-0.15, -0.1) is 0 Å². The lowest BCUT2D eigenvalue weighted by atomic mass is 9.99. The van der Waals surface area contributed by atoms with E-state index in [-0.39, 0.29) is 11.8 Å². The van der Waals surface area contributed by atoms with Crippen molar-refractivity contribution in [3.05, 3.63) is 35.4 Å². The summed E-state index contributed by atoms with van der Waals surface area (Å²) in [4.78, 5) is 28.4. The molecule has 1 aromatic carbocycles.